The van der Waals surface area contributed by atoms with Crippen LogP contribution in [-0.2, 0) is 11.2 Å². The Labute approximate surface area is 149 Å². The molecule has 0 saturated heterocycles. The van der Waals surface area contributed by atoms with Gasteiger partial charge in [0.05, 0.1) is 15.6 Å². The minimum atomic E-state index is -0.484. The van der Waals surface area contributed by atoms with Crippen molar-refractivity contribution in [3.05, 3.63) is 68.7 Å². The average Bonchev–Trinajstić information content (AvgIpc) is 3.03. The maximum absolute atomic E-state index is 12.5. The lowest BCUT2D eigenvalue weighted by atomic mass is 10.1. The number of Topliss-reactive ketones (excluding diaryl/α,β-unsaturated/α-hetero) is 1. The molecule has 2 aromatic carbocycles. The topological polar surface area (TPSA) is 80.5 Å². The number of ketones is 1. The molecule has 1 amide bonds. The third kappa shape index (κ3) is 3.53. The predicted octanol–water partition coefficient (Wildman–Crippen LogP) is 3.80. The van der Waals surface area contributed by atoms with E-state index in [0.717, 1.165) is 5.56 Å². The van der Waals surface area contributed by atoms with E-state index in [9.17, 15) is 19.7 Å². The van der Waals surface area contributed by atoms with Crippen LogP contribution in [0.4, 0.5) is 11.4 Å². The van der Waals surface area contributed by atoms with Gasteiger partial charge in [-0.15, -0.1) is 0 Å². The first-order valence-corrected chi connectivity index (χ1v) is 8.20. The molecule has 128 valence electrons. The lowest BCUT2D eigenvalue weighted by Gasteiger charge is -2.17. The van der Waals surface area contributed by atoms with Gasteiger partial charge in [-0.2, -0.15) is 0 Å². The first kappa shape index (κ1) is 17.1. The Hall–Kier alpha value is -2.73. The average molecular weight is 359 g/mol. The number of nitro groups is 1. The minimum absolute atomic E-state index is 0.0339. The number of nitro benzene ring substituents is 1. The normalized spacial score (nSPS) is 12.8. The van der Waals surface area contributed by atoms with Gasteiger partial charge in [0.15, 0.2) is 5.78 Å². The smallest absolute Gasteiger partial charge is 0.271 e. The molecule has 1 heterocycles. The molecule has 0 aromatic heterocycles. The maximum Gasteiger partial charge on any atom is 0.271 e. The van der Waals surface area contributed by atoms with Crippen molar-refractivity contribution in [3.63, 3.8) is 0 Å². The highest BCUT2D eigenvalue weighted by Gasteiger charge is 2.27. The van der Waals surface area contributed by atoms with Crippen LogP contribution in [0.15, 0.2) is 42.5 Å². The number of fused-ring (bicyclic) bond motifs is 1. The molecular formula is C18H15ClN2O4. The summed E-state index contributed by atoms with van der Waals surface area (Å²) in [6.45, 7) is 0.468. The molecular weight excluding hydrogens is 344 g/mol. The number of benzene rings is 2. The van der Waals surface area contributed by atoms with Crippen LogP contribution in [0.1, 0.15) is 28.8 Å². The molecule has 25 heavy (non-hydrogen) atoms. The van der Waals surface area contributed by atoms with Crippen molar-refractivity contribution in [1.29, 1.82) is 0 Å². The standard InChI is InChI=1S/C18H15ClN2O4/c19-15-4-2-1-3-14(15)17(22)7-8-18(23)20-10-9-12-5-6-13(21(24)25)11-16(12)20/h1-6,11H,7-10H2. The fraction of sp³-hybridized carbons (Fsp3) is 0.222. The SMILES string of the molecule is O=C(CCC(=O)N1CCc2ccc([N+](=O)[O-])cc21)c1ccccc1Cl. The Morgan fingerprint density at radius 3 is 2.64 bits per heavy atom. The minimum Gasteiger partial charge on any atom is -0.312 e. The van der Waals surface area contributed by atoms with E-state index in [4.69, 9.17) is 11.6 Å². The predicted molar refractivity (Wildman–Crippen MR) is 94.2 cm³/mol. The van der Waals surface area contributed by atoms with Crippen LogP contribution < -0.4 is 4.90 Å². The molecule has 1 aliphatic heterocycles. The molecule has 0 N–H and O–H groups in total. The van der Waals surface area contributed by atoms with Crippen LogP contribution in [0.3, 0.4) is 0 Å². The van der Waals surface area contributed by atoms with Gasteiger partial charge in [-0.3, -0.25) is 19.7 Å². The molecule has 1 aliphatic rings. The molecule has 0 saturated carbocycles. The van der Waals surface area contributed by atoms with Gasteiger partial charge in [0.25, 0.3) is 5.69 Å². The number of halogens is 1. The van der Waals surface area contributed by atoms with E-state index in [-0.39, 0.29) is 30.2 Å². The summed E-state index contributed by atoms with van der Waals surface area (Å²) in [5, 5.41) is 11.3. The molecule has 0 aliphatic carbocycles. The van der Waals surface area contributed by atoms with E-state index in [0.29, 0.717) is 29.2 Å². The first-order chi connectivity index (χ1) is 12.0. The highest BCUT2D eigenvalue weighted by Crippen LogP contribution is 2.32. The zero-order valence-electron chi connectivity index (χ0n) is 13.3. The highest BCUT2D eigenvalue weighted by molar-refractivity contribution is 6.34. The van der Waals surface area contributed by atoms with E-state index in [2.05, 4.69) is 0 Å². The summed E-state index contributed by atoms with van der Waals surface area (Å²) in [4.78, 5) is 36.7. The molecule has 6 nitrogen and oxygen atoms in total. The molecule has 0 radical (unpaired) electrons. The number of nitrogens with zero attached hydrogens (tertiary/aromatic N) is 2. The van der Waals surface area contributed by atoms with Crippen molar-refractivity contribution in [2.75, 3.05) is 11.4 Å². The second-order valence-electron chi connectivity index (χ2n) is 5.77. The van der Waals surface area contributed by atoms with E-state index >= 15 is 0 Å². The summed E-state index contributed by atoms with van der Waals surface area (Å²) in [6, 6.07) is 11.2. The number of carbonyl (C=O) groups is 2. The molecule has 0 fully saturated rings. The van der Waals surface area contributed by atoms with Crippen LogP contribution in [0.2, 0.25) is 5.02 Å². The number of rotatable bonds is 5. The molecule has 2 aromatic rings. The Bertz CT molecular complexity index is 866. The van der Waals surface area contributed by atoms with Gasteiger partial charge in [-0.05, 0) is 24.1 Å². The quantitative estimate of drug-likeness (QED) is 0.462. The van der Waals surface area contributed by atoms with Crippen LogP contribution in [-0.4, -0.2) is 23.2 Å². The first-order valence-electron chi connectivity index (χ1n) is 7.83. The van der Waals surface area contributed by atoms with Crippen LogP contribution in [0, 0.1) is 10.1 Å². The van der Waals surface area contributed by atoms with Gasteiger partial charge >= 0.3 is 0 Å². The van der Waals surface area contributed by atoms with Crippen molar-refractivity contribution >= 4 is 34.7 Å². The largest absolute Gasteiger partial charge is 0.312 e. The summed E-state index contributed by atoms with van der Waals surface area (Å²) < 4.78 is 0. The van der Waals surface area contributed by atoms with E-state index in [1.807, 2.05) is 0 Å². The summed E-state index contributed by atoms with van der Waals surface area (Å²) in [6.07, 6.45) is 0.729. The second-order valence-corrected chi connectivity index (χ2v) is 6.18. The number of carbonyl (C=O) groups excluding carboxylic acids is 2. The van der Waals surface area contributed by atoms with Gasteiger partial charge < -0.3 is 4.90 Å². The van der Waals surface area contributed by atoms with E-state index < -0.39 is 4.92 Å². The van der Waals surface area contributed by atoms with Gasteiger partial charge in [-0.1, -0.05) is 29.8 Å². The third-order valence-electron chi connectivity index (χ3n) is 4.22. The zero-order chi connectivity index (χ0) is 18.0. The second kappa shape index (κ2) is 7.03. The monoisotopic (exact) mass is 358 g/mol. The summed E-state index contributed by atoms with van der Waals surface area (Å²) in [7, 11) is 0. The molecule has 7 heteroatoms. The third-order valence-corrected chi connectivity index (χ3v) is 4.55. The molecule has 0 spiro atoms. The number of anilines is 1. The highest BCUT2D eigenvalue weighted by atomic mass is 35.5. The van der Waals surface area contributed by atoms with Gasteiger partial charge in [0, 0.05) is 37.1 Å². The zero-order valence-corrected chi connectivity index (χ0v) is 14.0. The molecule has 0 atom stereocenters. The molecule has 0 bridgehead atoms. The summed E-state index contributed by atoms with van der Waals surface area (Å²) >= 11 is 6.00. The fourth-order valence-corrected chi connectivity index (χ4v) is 3.16. The molecule has 0 unspecified atom stereocenters. The maximum atomic E-state index is 12.5. The van der Waals surface area contributed by atoms with Crippen LogP contribution in [0.5, 0.6) is 0 Å². The van der Waals surface area contributed by atoms with Gasteiger partial charge in [0.1, 0.15) is 0 Å². The Morgan fingerprint density at radius 1 is 1.16 bits per heavy atom. The van der Waals surface area contributed by atoms with Crippen molar-refractivity contribution in [1.82, 2.24) is 0 Å². The van der Waals surface area contributed by atoms with Gasteiger partial charge in [0.2, 0.25) is 5.91 Å². The number of non-ortho nitro benzene ring substituents is 1. The summed E-state index contributed by atoms with van der Waals surface area (Å²) in [5.41, 5.74) is 1.81. The van der Waals surface area contributed by atoms with Crippen molar-refractivity contribution in [2.24, 2.45) is 0 Å². The van der Waals surface area contributed by atoms with Crippen molar-refractivity contribution < 1.29 is 14.5 Å². The molecule has 3 rings (SSSR count). The van der Waals surface area contributed by atoms with Crippen LogP contribution >= 0.6 is 11.6 Å². The van der Waals surface area contributed by atoms with Crippen LogP contribution in [0.25, 0.3) is 0 Å². The number of hydrogen-bond acceptors (Lipinski definition) is 4. The van der Waals surface area contributed by atoms with Crippen molar-refractivity contribution in [3.8, 4) is 0 Å². The van der Waals surface area contributed by atoms with E-state index in [1.54, 1.807) is 30.3 Å². The lowest BCUT2D eigenvalue weighted by Crippen LogP contribution is -2.29. The Kier molecular flexibility index (Phi) is 4.81. The number of amides is 1. The lowest BCUT2D eigenvalue weighted by molar-refractivity contribution is -0.384. The van der Waals surface area contributed by atoms with E-state index in [1.165, 1.54) is 17.0 Å². The van der Waals surface area contributed by atoms with Crippen molar-refractivity contribution in [2.45, 2.75) is 19.3 Å². The van der Waals surface area contributed by atoms with Gasteiger partial charge in [-0.25, -0.2) is 0 Å². The number of hydrogen-bond donors (Lipinski definition) is 0. The Morgan fingerprint density at radius 2 is 1.92 bits per heavy atom. The summed E-state index contributed by atoms with van der Waals surface area (Å²) in [5.74, 6) is -0.419. The fourth-order valence-electron chi connectivity index (χ4n) is 2.92. The Balaban J connectivity index is 1.70.